The molecule has 0 spiro atoms. The molecule has 2 N–H and O–H groups in total. The zero-order valence-corrected chi connectivity index (χ0v) is 15.1. The summed E-state index contributed by atoms with van der Waals surface area (Å²) in [7, 11) is 1.99. The van der Waals surface area contributed by atoms with Gasteiger partial charge in [-0.2, -0.15) is 0 Å². The summed E-state index contributed by atoms with van der Waals surface area (Å²) in [5.74, 6) is -1.49. The first-order chi connectivity index (χ1) is 11.6. The average molecular weight is 360 g/mol. The van der Waals surface area contributed by atoms with E-state index in [0.717, 1.165) is 16.8 Å². The Morgan fingerprint density at radius 2 is 1.72 bits per heavy atom. The minimum Gasteiger partial charge on any atom is -0.365 e. The number of imide groups is 2. The van der Waals surface area contributed by atoms with Gasteiger partial charge in [-0.15, -0.1) is 0 Å². The molecule has 2 aliphatic heterocycles. The Balaban J connectivity index is 2.10. The van der Waals surface area contributed by atoms with E-state index in [4.69, 9.17) is 11.6 Å². The lowest BCUT2D eigenvalue weighted by Crippen LogP contribution is -2.51. The molecule has 0 radical (unpaired) electrons. The lowest BCUT2D eigenvalue weighted by molar-refractivity contribution is -0.123. The van der Waals surface area contributed by atoms with Crippen LogP contribution in [0.1, 0.15) is 31.9 Å². The van der Waals surface area contributed by atoms with Gasteiger partial charge in [0.25, 0.3) is 11.8 Å². The van der Waals surface area contributed by atoms with Crippen LogP contribution in [0.25, 0.3) is 11.6 Å². The molecule has 1 fully saturated rings. The fourth-order valence-electron chi connectivity index (χ4n) is 3.06. The molecule has 0 bridgehead atoms. The molecule has 2 heterocycles. The third-order valence-corrected chi connectivity index (χ3v) is 4.91. The van der Waals surface area contributed by atoms with Gasteiger partial charge in [0.05, 0.1) is 5.54 Å². The van der Waals surface area contributed by atoms with E-state index in [1.54, 1.807) is 0 Å². The predicted molar refractivity (Wildman–Crippen MR) is 97.2 cm³/mol. The fourth-order valence-corrected chi connectivity index (χ4v) is 3.27. The molecule has 0 aromatic heterocycles. The highest BCUT2D eigenvalue weighted by atomic mass is 35.5. The van der Waals surface area contributed by atoms with E-state index in [0.29, 0.717) is 10.6 Å². The number of allylic oxidation sites excluding steroid dienone is 1. The molecule has 1 saturated heterocycles. The molecular formula is C18H18ClN3O3. The monoisotopic (exact) mass is 359 g/mol. The number of urea groups is 1. The highest BCUT2D eigenvalue weighted by Crippen LogP contribution is 2.40. The highest BCUT2D eigenvalue weighted by Gasteiger charge is 2.30. The van der Waals surface area contributed by atoms with Crippen molar-refractivity contribution in [3.63, 3.8) is 0 Å². The molecule has 7 heteroatoms. The summed E-state index contributed by atoms with van der Waals surface area (Å²) >= 11 is 6.39. The Hall–Kier alpha value is -2.60. The van der Waals surface area contributed by atoms with Crippen molar-refractivity contribution in [1.29, 1.82) is 0 Å². The van der Waals surface area contributed by atoms with Gasteiger partial charge in [0.1, 0.15) is 5.57 Å². The van der Waals surface area contributed by atoms with E-state index in [1.807, 2.05) is 36.7 Å². The normalized spacial score (nSPS) is 19.1. The summed E-state index contributed by atoms with van der Waals surface area (Å²) in [4.78, 5) is 37.1. The smallest absolute Gasteiger partial charge is 0.328 e. The number of halogens is 1. The van der Waals surface area contributed by atoms with Gasteiger partial charge < -0.3 is 4.90 Å². The number of carbonyl (C=O) groups is 3. The number of fused-ring (bicyclic) bond motifs is 1. The van der Waals surface area contributed by atoms with Crippen molar-refractivity contribution >= 4 is 46.8 Å². The van der Waals surface area contributed by atoms with Crippen LogP contribution in [0, 0.1) is 0 Å². The van der Waals surface area contributed by atoms with Crippen molar-refractivity contribution < 1.29 is 14.4 Å². The Labute approximate surface area is 150 Å². The maximum Gasteiger partial charge on any atom is 0.328 e. The van der Waals surface area contributed by atoms with Gasteiger partial charge in [0.2, 0.25) is 0 Å². The molecule has 1 aromatic rings. The molecule has 0 atom stereocenters. The first-order valence-electron chi connectivity index (χ1n) is 7.76. The lowest BCUT2D eigenvalue weighted by atomic mass is 9.88. The van der Waals surface area contributed by atoms with Crippen LogP contribution in [0.3, 0.4) is 0 Å². The number of benzene rings is 1. The number of nitrogens with zero attached hydrogens (tertiary/aromatic N) is 1. The number of anilines is 1. The molecule has 4 amide bonds. The zero-order chi connectivity index (χ0) is 18.5. The molecule has 6 nitrogen and oxygen atoms in total. The van der Waals surface area contributed by atoms with Crippen molar-refractivity contribution in [1.82, 2.24) is 10.6 Å². The summed E-state index contributed by atoms with van der Waals surface area (Å²) < 4.78 is 0. The van der Waals surface area contributed by atoms with Gasteiger partial charge in [-0.25, -0.2) is 4.79 Å². The van der Waals surface area contributed by atoms with E-state index in [1.165, 1.54) is 6.08 Å². The van der Waals surface area contributed by atoms with Crippen LogP contribution in [0.2, 0.25) is 5.02 Å². The maximum atomic E-state index is 11.9. The maximum absolute atomic E-state index is 11.9. The number of hydrogen-bond acceptors (Lipinski definition) is 4. The molecule has 25 heavy (non-hydrogen) atoms. The molecule has 130 valence electrons. The molecule has 0 unspecified atom stereocenters. The van der Waals surface area contributed by atoms with Gasteiger partial charge in [-0.3, -0.25) is 20.2 Å². The second-order valence-corrected chi connectivity index (χ2v) is 7.13. The third-order valence-electron chi connectivity index (χ3n) is 4.58. The number of likely N-dealkylation sites (N-methyl/N-ethyl adjacent to an activating group) is 1. The Morgan fingerprint density at radius 1 is 1.12 bits per heavy atom. The van der Waals surface area contributed by atoms with Gasteiger partial charge >= 0.3 is 6.03 Å². The zero-order valence-electron chi connectivity index (χ0n) is 14.4. The average Bonchev–Trinajstić information content (AvgIpc) is 2.49. The van der Waals surface area contributed by atoms with Crippen LogP contribution in [0.4, 0.5) is 10.5 Å². The van der Waals surface area contributed by atoms with Crippen LogP contribution in [-0.4, -0.2) is 30.4 Å². The summed E-state index contributed by atoms with van der Waals surface area (Å²) in [6.45, 7) is 6.23. The van der Waals surface area contributed by atoms with Crippen molar-refractivity contribution in [2.75, 3.05) is 11.9 Å². The quantitative estimate of drug-likeness (QED) is 0.597. The Morgan fingerprint density at radius 3 is 2.32 bits per heavy atom. The lowest BCUT2D eigenvalue weighted by Gasteiger charge is -2.40. The number of barbiturate groups is 1. The SMILES string of the molecule is CC1=CC(C)(C)N(C)c2cc(Cl)c(C=C3C(=O)NC(=O)NC3=O)cc21. The standard InChI is InChI=1S/C18H18ClN3O3/c1-9-8-18(2,3)22(4)14-7-13(19)10(5-11(9)14)6-12-15(23)20-17(25)21-16(12)24/h5-8H,1-4H3,(H2,20,21,23,24,25). The third kappa shape index (κ3) is 2.93. The fraction of sp³-hybridized carbons (Fsp3) is 0.278. The number of amides is 4. The summed E-state index contributed by atoms with van der Waals surface area (Å²) in [6.07, 6.45) is 3.55. The van der Waals surface area contributed by atoms with Crippen molar-refractivity contribution in [2.45, 2.75) is 26.3 Å². The topological polar surface area (TPSA) is 78.5 Å². The second kappa shape index (κ2) is 5.74. The van der Waals surface area contributed by atoms with Crippen LogP contribution in [0.15, 0.2) is 23.8 Å². The summed E-state index contributed by atoms with van der Waals surface area (Å²) in [5.41, 5.74) is 3.27. The van der Waals surface area contributed by atoms with Crippen molar-refractivity contribution in [2.24, 2.45) is 0 Å². The first kappa shape index (κ1) is 17.2. The van der Waals surface area contributed by atoms with E-state index in [9.17, 15) is 14.4 Å². The Kier molecular flexibility index (Phi) is 3.95. The minimum absolute atomic E-state index is 0.149. The van der Waals surface area contributed by atoms with Crippen LogP contribution in [0.5, 0.6) is 0 Å². The second-order valence-electron chi connectivity index (χ2n) is 6.73. The van der Waals surface area contributed by atoms with Gasteiger partial charge in [0, 0.05) is 23.3 Å². The molecule has 2 aliphatic rings. The van der Waals surface area contributed by atoms with Crippen LogP contribution >= 0.6 is 11.6 Å². The predicted octanol–water partition coefficient (Wildman–Crippen LogP) is 2.72. The van der Waals surface area contributed by atoms with E-state index < -0.39 is 17.8 Å². The van der Waals surface area contributed by atoms with E-state index >= 15 is 0 Å². The number of rotatable bonds is 1. The highest BCUT2D eigenvalue weighted by molar-refractivity contribution is 6.34. The molecule has 0 saturated carbocycles. The van der Waals surface area contributed by atoms with Gasteiger partial charge in [-0.05, 0) is 50.1 Å². The van der Waals surface area contributed by atoms with E-state index in [-0.39, 0.29) is 11.1 Å². The van der Waals surface area contributed by atoms with Gasteiger partial charge in [0.15, 0.2) is 0 Å². The summed E-state index contributed by atoms with van der Waals surface area (Å²) in [5, 5.41) is 4.51. The van der Waals surface area contributed by atoms with E-state index in [2.05, 4.69) is 24.8 Å². The van der Waals surface area contributed by atoms with Crippen LogP contribution < -0.4 is 15.5 Å². The summed E-state index contributed by atoms with van der Waals surface area (Å²) in [6, 6.07) is 2.84. The number of nitrogens with one attached hydrogen (secondary N) is 2. The van der Waals surface area contributed by atoms with Crippen molar-refractivity contribution in [3.05, 3.63) is 39.9 Å². The van der Waals surface area contributed by atoms with Crippen LogP contribution in [-0.2, 0) is 9.59 Å². The minimum atomic E-state index is -0.827. The Bertz CT molecular complexity index is 862. The number of hydrogen-bond donors (Lipinski definition) is 2. The first-order valence-corrected chi connectivity index (χ1v) is 8.13. The van der Waals surface area contributed by atoms with Crippen molar-refractivity contribution in [3.8, 4) is 0 Å². The number of carbonyl (C=O) groups excluding carboxylic acids is 3. The molecule has 1 aromatic carbocycles. The largest absolute Gasteiger partial charge is 0.365 e. The molecule has 3 rings (SSSR count). The molecule has 0 aliphatic carbocycles. The molecular weight excluding hydrogens is 342 g/mol. The van der Waals surface area contributed by atoms with Gasteiger partial charge in [-0.1, -0.05) is 17.7 Å².